The van der Waals surface area contributed by atoms with E-state index in [1.165, 1.54) is 30.1 Å². The van der Waals surface area contributed by atoms with E-state index in [1.807, 2.05) is 6.92 Å². The Labute approximate surface area is 170 Å². The maximum Gasteiger partial charge on any atom is 0.168 e. The van der Waals surface area contributed by atoms with Crippen molar-refractivity contribution in [1.29, 1.82) is 0 Å². The molecule has 2 aromatic heterocycles. The molecule has 1 saturated heterocycles. The molecule has 0 aliphatic carbocycles. The summed E-state index contributed by atoms with van der Waals surface area (Å²) in [6.07, 6.45) is -1.98. The van der Waals surface area contributed by atoms with Crippen molar-refractivity contribution < 1.29 is 29.2 Å². The lowest BCUT2D eigenvalue weighted by Gasteiger charge is -2.17. The first-order valence-corrected chi connectivity index (χ1v) is 9.42. The Balaban J connectivity index is 1.74. The fraction of sp³-hybridized carbons (Fsp3) is 0.421. The number of aromatic nitrogens is 4. The van der Waals surface area contributed by atoms with Crippen molar-refractivity contribution >= 4 is 22.7 Å². The molecule has 30 heavy (non-hydrogen) atoms. The third-order valence-electron chi connectivity index (χ3n) is 4.94. The minimum absolute atomic E-state index is 0.121. The van der Waals surface area contributed by atoms with E-state index in [1.54, 1.807) is 0 Å². The fourth-order valence-electron chi connectivity index (χ4n) is 3.38. The van der Waals surface area contributed by atoms with Gasteiger partial charge >= 0.3 is 0 Å². The van der Waals surface area contributed by atoms with Gasteiger partial charge in [0.05, 0.1) is 12.9 Å². The number of imidazole rings is 1. The number of halogens is 1. The van der Waals surface area contributed by atoms with Gasteiger partial charge in [0.1, 0.15) is 24.1 Å². The number of phenols is 1. The molecule has 0 amide bonds. The second-order valence-corrected chi connectivity index (χ2v) is 6.96. The number of hydrogen-bond acceptors (Lipinski definition) is 9. The van der Waals surface area contributed by atoms with E-state index >= 15 is 0 Å². The lowest BCUT2D eigenvalue weighted by Crippen LogP contribution is -2.33. The van der Waals surface area contributed by atoms with Crippen LogP contribution in [0.5, 0.6) is 5.75 Å². The zero-order valence-corrected chi connectivity index (χ0v) is 16.4. The van der Waals surface area contributed by atoms with Crippen molar-refractivity contribution in [3.05, 3.63) is 36.2 Å². The summed E-state index contributed by atoms with van der Waals surface area (Å²) in [7, 11) is 1.48. The highest BCUT2D eigenvalue weighted by atomic mass is 19.1. The summed E-state index contributed by atoms with van der Waals surface area (Å²) in [5.41, 5.74) is 1.13. The van der Waals surface area contributed by atoms with Crippen LogP contribution in [0, 0.1) is 5.82 Å². The minimum Gasteiger partial charge on any atom is -0.505 e. The average molecular weight is 419 g/mol. The van der Waals surface area contributed by atoms with Crippen LogP contribution in [0.2, 0.25) is 0 Å². The van der Waals surface area contributed by atoms with Gasteiger partial charge in [0, 0.05) is 25.3 Å². The van der Waals surface area contributed by atoms with Gasteiger partial charge in [-0.25, -0.2) is 19.3 Å². The number of ether oxygens (including phenoxy) is 2. The number of anilines is 2. The molecular weight excluding hydrogens is 397 g/mol. The normalized spacial score (nSPS) is 23.9. The van der Waals surface area contributed by atoms with E-state index in [0.29, 0.717) is 34.9 Å². The van der Waals surface area contributed by atoms with Gasteiger partial charge in [-0.1, -0.05) is 6.92 Å². The number of hydrogen-bond donors (Lipinski definition) is 4. The molecule has 2 unspecified atom stereocenters. The quantitative estimate of drug-likeness (QED) is 0.435. The van der Waals surface area contributed by atoms with Crippen LogP contribution in [-0.4, -0.2) is 66.9 Å². The number of aliphatic hydroxyl groups is 2. The van der Waals surface area contributed by atoms with Crippen LogP contribution in [0.15, 0.2) is 24.5 Å². The zero-order chi connectivity index (χ0) is 21.4. The smallest absolute Gasteiger partial charge is 0.168 e. The summed E-state index contributed by atoms with van der Waals surface area (Å²) < 4.78 is 26.1. The topological polar surface area (TPSA) is 135 Å². The molecule has 0 saturated carbocycles. The summed E-state index contributed by atoms with van der Waals surface area (Å²) in [5, 5.41) is 33.1. The summed E-state index contributed by atoms with van der Waals surface area (Å²) in [6, 6.07) is 3.88. The molecule has 0 spiro atoms. The van der Waals surface area contributed by atoms with E-state index < -0.39 is 36.1 Å². The summed E-state index contributed by atoms with van der Waals surface area (Å²) in [4.78, 5) is 13.3. The van der Waals surface area contributed by atoms with Crippen molar-refractivity contribution in [3.63, 3.8) is 0 Å². The summed E-state index contributed by atoms with van der Waals surface area (Å²) in [5.74, 6) is -0.398. The molecule has 0 bridgehead atoms. The molecule has 4 rings (SSSR count). The van der Waals surface area contributed by atoms with Crippen molar-refractivity contribution in [2.45, 2.75) is 37.9 Å². The number of aryl methyl sites for hydroxylation is 1. The van der Waals surface area contributed by atoms with E-state index in [-0.39, 0.29) is 6.61 Å². The average Bonchev–Trinajstić information content (AvgIpc) is 3.27. The van der Waals surface area contributed by atoms with Crippen LogP contribution < -0.4 is 5.32 Å². The third-order valence-corrected chi connectivity index (χ3v) is 4.94. The van der Waals surface area contributed by atoms with E-state index in [9.17, 15) is 19.7 Å². The SMILES string of the molecule is CCc1nc(Nc2ccc(O)c(F)c2)c2ncn([C@@H]3O[C@H](COC)C(O)C3O)c2n1. The Kier molecular flexibility index (Phi) is 5.52. The van der Waals surface area contributed by atoms with Crippen LogP contribution in [0.3, 0.4) is 0 Å². The van der Waals surface area contributed by atoms with Crippen LogP contribution in [0.1, 0.15) is 19.0 Å². The third kappa shape index (κ3) is 3.56. The molecule has 4 atom stereocenters. The molecule has 3 aromatic rings. The van der Waals surface area contributed by atoms with Gasteiger partial charge in [-0.15, -0.1) is 0 Å². The molecule has 0 radical (unpaired) electrons. The van der Waals surface area contributed by atoms with Crippen LogP contribution in [0.25, 0.3) is 11.2 Å². The Morgan fingerprint density at radius 2 is 2.07 bits per heavy atom. The van der Waals surface area contributed by atoms with Crippen LogP contribution >= 0.6 is 0 Å². The maximum atomic E-state index is 13.7. The van der Waals surface area contributed by atoms with Gasteiger partial charge in [-0.05, 0) is 12.1 Å². The summed E-state index contributed by atoms with van der Waals surface area (Å²) in [6.45, 7) is 2.00. The predicted molar refractivity (Wildman–Crippen MR) is 104 cm³/mol. The predicted octanol–water partition coefficient (Wildman–Crippen LogP) is 1.24. The van der Waals surface area contributed by atoms with E-state index in [2.05, 4.69) is 20.3 Å². The Morgan fingerprint density at radius 1 is 1.27 bits per heavy atom. The molecule has 1 fully saturated rings. The van der Waals surface area contributed by atoms with Gasteiger partial charge in [0.2, 0.25) is 0 Å². The Morgan fingerprint density at radius 3 is 2.77 bits per heavy atom. The zero-order valence-electron chi connectivity index (χ0n) is 16.4. The molecule has 160 valence electrons. The molecule has 4 N–H and O–H groups in total. The second-order valence-electron chi connectivity index (χ2n) is 6.96. The van der Waals surface area contributed by atoms with Gasteiger partial charge < -0.3 is 30.1 Å². The number of nitrogens with zero attached hydrogens (tertiary/aromatic N) is 4. The highest BCUT2D eigenvalue weighted by Crippen LogP contribution is 2.33. The Hall–Kier alpha value is -2.86. The number of phenolic OH excluding ortho intramolecular Hbond substituents is 1. The Bertz CT molecular complexity index is 1060. The monoisotopic (exact) mass is 419 g/mol. The van der Waals surface area contributed by atoms with Gasteiger partial charge in [0.15, 0.2) is 34.8 Å². The molecule has 1 aliphatic heterocycles. The first-order valence-electron chi connectivity index (χ1n) is 9.42. The van der Waals surface area contributed by atoms with Gasteiger partial charge in [-0.2, -0.15) is 0 Å². The molecule has 11 heteroatoms. The lowest BCUT2D eigenvalue weighted by atomic mass is 10.1. The van der Waals surface area contributed by atoms with E-state index in [4.69, 9.17) is 9.47 Å². The van der Waals surface area contributed by atoms with Crippen molar-refractivity contribution in [2.75, 3.05) is 19.0 Å². The molecule has 1 aromatic carbocycles. The first-order chi connectivity index (χ1) is 14.4. The molecule has 1 aliphatic rings. The number of aromatic hydroxyl groups is 1. The summed E-state index contributed by atoms with van der Waals surface area (Å²) >= 11 is 0. The standard InChI is InChI=1S/C19H22FN5O5/c1-3-13-23-17(22-9-4-5-11(26)10(20)6-9)14-18(24-13)25(8-21-14)19-16(28)15(27)12(30-19)7-29-2/h4-6,8,12,15-16,19,26-28H,3,7H2,1-2H3,(H,22,23,24)/t12-,15?,16?,19-/m1/s1. The van der Waals surface area contributed by atoms with Crippen molar-refractivity contribution in [1.82, 2.24) is 19.5 Å². The number of benzene rings is 1. The van der Waals surface area contributed by atoms with Crippen molar-refractivity contribution in [3.8, 4) is 5.75 Å². The lowest BCUT2D eigenvalue weighted by molar-refractivity contribution is -0.0580. The number of fused-ring (bicyclic) bond motifs is 1. The van der Waals surface area contributed by atoms with E-state index in [0.717, 1.165) is 6.07 Å². The maximum absolute atomic E-state index is 13.7. The first kappa shape index (κ1) is 20.4. The van der Waals surface area contributed by atoms with Gasteiger partial charge in [0.25, 0.3) is 0 Å². The van der Waals surface area contributed by atoms with Crippen molar-refractivity contribution in [2.24, 2.45) is 0 Å². The highest BCUT2D eigenvalue weighted by molar-refractivity contribution is 5.85. The number of aliphatic hydroxyl groups excluding tert-OH is 2. The fourth-order valence-corrected chi connectivity index (χ4v) is 3.38. The van der Waals surface area contributed by atoms with Crippen LogP contribution in [-0.2, 0) is 15.9 Å². The second kappa shape index (κ2) is 8.11. The number of methoxy groups -OCH3 is 1. The highest BCUT2D eigenvalue weighted by Gasteiger charge is 2.44. The van der Waals surface area contributed by atoms with Gasteiger partial charge in [-0.3, -0.25) is 4.57 Å². The molecule has 10 nitrogen and oxygen atoms in total. The number of rotatable bonds is 6. The van der Waals surface area contributed by atoms with Crippen LogP contribution in [0.4, 0.5) is 15.9 Å². The largest absolute Gasteiger partial charge is 0.505 e. The molecule has 3 heterocycles. The minimum atomic E-state index is -1.20. The molecular formula is C19H22FN5O5. The number of nitrogens with one attached hydrogen (secondary N) is 1.